The van der Waals surface area contributed by atoms with Gasteiger partial charge in [-0.2, -0.15) is 5.26 Å². The van der Waals surface area contributed by atoms with Crippen LogP contribution in [-0.2, 0) is 0 Å². The van der Waals surface area contributed by atoms with Crippen LogP contribution in [0, 0.1) is 11.3 Å². The molecule has 0 amide bonds. The molecule has 0 aliphatic carbocycles. The summed E-state index contributed by atoms with van der Waals surface area (Å²) in [6.45, 7) is 2.04. The summed E-state index contributed by atoms with van der Waals surface area (Å²) in [5, 5.41) is 13.1. The lowest BCUT2D eigenvalue weighted by Gasteiger charge is -2.16. The molecule has 3 heteroatoms. The quantitative estimate of drug-likeness (QED) is 0.884. The average molecular weight is 257 g/mol. The molecule has 18 heavy (non-hydrogen) atoms. The fraction of sp³-hybridized carbons (Fsp3) is 0.133. The van der Waals surface area contributed by atoms with Crippen LogP contribution >= 0.6 is 11.6 Å². The fourth-order valence-electron chi connectivity index (χ4n) is 1.80. The van der Waals surface area contributed by atoms with E-state index in [1.54, 1.807) is 6.07 Å². The monoisotopic (exact) mass is 256 g/mol. The molecule has 0 bridgehead atoms. The Bertz CT molecular complexity index is 587. The van der Waals surface area contributed by atoms with E-state index in [4.69, 9.17) is 16.9 Å². The fourth-order valence-corrected chi connectivity index (χ4v) is 2.00. The van der Waals surface area contributed by atoms with Gasteiger partial charge in [0.25, 0.3) is 0 Å². The second-order valence-electron chi connectivity index (χ2n) is 4.08. The Balaban J connectivity index is 2.22. The number of anilines is 1. The maximum absolute atomic E-state index is 9.03. The molecule has 0 fully saturated rings. The van der Waals surface area contributed by atoms with Crippen molar-refractivity contribution in [2.24, 2.45) is 0 Å². The summed E-state index contributed by atoms with van der Waals surface area (Å²) in [5.41, 5.74) is 2.58. The van der Waals surface area contributed by atoms with Gasteiger partial charge in [-0.3, -0.25) is 0 Å². The molecular formula is C15H13ClN2. The minimum Gasteiger partial charge on any atom is -0.377 e. The zero-order valence-electron chi connectivity index (χ0n) is 10.0. The van der Waals surface area contributed by atoms with E-state index < -0.39 is 0 Å². The van der Waals surface area contributed by atoms with Crippen molar-refractivity contribution in [1.82, 2.24) is 0 Å². The van der Waals surface area contributed by atoms with Crippen LogP contribution in [0.5, 0.6) is 0 Å². The van der Waals surface area contributed by atoms with Crippen LogP contribution in [0.4, 0.5) is 5.69 Å². The van der Waals surface area contributed by atoms with Crippen LogP contribution in [0.25, 0.3) is 0 Å². The molecule has 0 saturated carbocycles. The number of hydrogen-bond acceptors (Lipinski definition) is 2. The Hall–Kier alpha value is -1.98. The van der Waals surface area contributed by atoms with Gasteiger partial charge in [-0.15, -0.1) is 0 Å². The van der Waals surface area contributed by atoms with Crippen molar-refractivity contribution in [3.8, 4) is 6.07 Å². The highest BCUT2D eigenvalue weighted by Gasteiger charge is 2.08. The standard InChI is InChI=1S/C15H13ClN2/c1-11(12-6-4-7-14(16)9-12)18-15-8-3-2-5-13(15)10-17/h2-9,11,18H,1H3. The number of halogens is 1. The highest BCUT2D eigenvalue weighted by Crippen LogP contribution is 2.23. The third-order valence-corrected chi connectivity index (χ3v) is 3.00. The molecule has 0 heterocycles. The molecule has 1 unspecified atom stereocenters. The number of hydrogen-bond donors (Lipinski definition) is 1. The third kappa shape index (κ3) is 2.82. The summed E-state index contributed by atoms with van der Waals surface area (Å²) in [5.74, 6) is 0. The van der Waals surface area contributed by atoms with Crippen molar-refractivity contribution in [2.75, 3.05) is 5.32 Å². The smallest absolute Gasteiger partial charge is 0.101 e. The third-order valence-electron chi connectivity index (χ3n) is 2.77. The number of nitrogens with zero attached hydrogens (tertiary/aromatic N) is 1. The number of para-hydroxylation sites is 1. The predicted molar refractivity (Wildman–Crippen MR) is 74.6 cm³/mol. The number of rotatable bonds is 3. The molecule has 2 aromatic carbocycles. The van der Waals surface area contributed by atoms with Crippen molar-refractivity contribution in [3.05, 3.63) is 64.7 Å². The zero-order valence-corrected chi connectivity index (χ0v) is 10.8. The Morgan fingerprint density at radius 2 is 1.94 bits per heavy atom. The lowest BCUT2D eigenvalue weighted by Crippen LogP contribution is -2.07. The molecule has 90 valence electrons. The Labute approximate surface area is 112 Å². The van der Waals surface area contributed by atoms with Gasteiger partial charge in [-0.05, 0) is 36.8 Å². The van der Waals surface area contributed by atoms with Crippen molar-refractivity contribution in [1.29, 1.82) is 5.26 Å². The van der Waals surface area contributed by atoms with Crippen LogP contribution in [-0.4, -0.2) is 0 Å². The van der Waals surface area contributed by atoms with E-state index in [1.807, 2.05) is 49.4 Å². The highest BCUT2D eigenvalue weighted by molar-refractivity contribution is 6.30. The minimum atomic E-state index is 0.0956. The van der Waals surface area contributed by atoms with Gasteiger partial charge in [0.2, 0.25) is 0 Å². The summed E-state index contributed by atoms with van der Waals surface area (Å²) < 4.78 is 0. The lowest BCUT2D eigenvalue weighted by molar-refractivity contribution is 0.884. The number of nitriles is 1. The van der Waals surface area contributed by atoms with Crippen LogP contribution in [0.3, 0.4) is 0 Å². The van der Waals surface area contributed by atoms with Crippen LogP contribution < -0.4 is 5.32 Å². The van der Waals surface area contributed by atoms with Crippen LogP contribution in [0.15, 0.2) is 48.5 Å². The molecule has 0 saturated heterocycles. The SMILES string of the molecule is CC(Nc1ccccc1C#N)c1cccc(Cl)c1. The molecule has 2 aromatic rings. The van der Waals surface area contributed by atoms with Gasteiger partial charge >= 0.3 is 0 Å². The van der Waals surface area contributed by atoms with Gasteiger partial charge in [0, 0.05) is 11.1 Å². The summed E-state index contributed by atoms with van der Waals surface area (Å²) in [7, 11) is 0. The summed E-state index contributed by atoms with van der Waals surface area (Å²) in [6.07, 6.45) is 0. The first-order chi connectivity index (χ1) is 8.70. The van der Waals surface area contributed by atoms with E-state index in [0.717, 1.165) is 16.3 Å². The molecule has 2 rings (SSSR count). The molecule has 0 aromatic heterocycles. The van der Waals surface area contributed by atoms with Gasteiger partial charge in [0.15, 0.2) is 0 Å². The largest absolute Gasteiger partial charge is 0.377 e. The molecule has 0 spiro atoms. The van der Waals surface area contributed by atoms with E-state index in [0.29, 0.717) is 5.56 Å². The lowest BCUT2D eigenvalue weighted by atomic mass is 10.1. The van der Waals surface area contributed by atoms with Gasteiger partial charge in [-0.25, -0.2) is 0 Å². The molecule has 0 aliphatic rings. The molecule has 0 radical (unpaired) electrons. The van der Waals surface area contributed by atoms with Gasteiger partial charge < -0.3 is 5.32 Å². The van der Waals surface area contributed by atoms with Crippen molar-refractivity contribution < 1.29 is 0 Å². The summed E-state index contributed by atoms with van der Waals surface area (Å²) >= 11 is 5.97. The highest BCUT2D eigenvalue weighted by atomic mass is 35.5. The van der Waals surface area contributed by atoms with E-state index in [9.17, 15) is 0 Å². The number of nitrogens with one attached hydrogen (secondary N) is 1. The second kappa shape index (κ2) is 5.57. The Morgan fingerprint density at radius 1 is 1.17 bits per heavy atom. The first-order valence-electron chi connectivity index (χ1n) is 5.72. The zero-order chi connectivity index (χ0) is 13.0. The molecule has 2 nitrogen and oxygen atoms in total. The van der Waals surface area contributed by atoms with Crippen molar-refractivity contribution in [3.63, 3.8) is 0 Å². The molecule has 1 atom stereocenters. The summed E-state index contributed by atoms with van der Waals surface area (Å²) in [4.78, 5) is 0. The second-order valence-corrected chi connectivity index (χ2v) is 4.51. The van der Waals surface area contributed by atoms with E-state index in [1.165, 1.54) is 0 Å². The maximum atomic E-state index is 9.03. The minimum absolute atomic E-state index is 0.0956. The van der Waals surface area contributed by atoms with E-state index >= 15 is 0 Å². The van der Waals surface area contributed by atoms with Crippen LogP contribution in [0.1, 0.15) is 24.1 Å². The average Bonchev–Trinajstić information content (AvgIpc) is 2.39. The maximum Gasteiger partial charge on any atom is 0.101 e. The molecule has 0 aliphatic heterocycles. The van der Waals surface area contributed by atoms with E-state index in [2.05, 4.69) is 11.4 Å². The first-order valence-corrected chi connectivity index (χ1v) is 6.09. The normalized spacial score (nSPS) is 11.6. The predicted octanol–water partition coefficient (Wildman–Crippen LogP) is 4.38. The van der Waals surface area contributed by atoms with Gasteiger partial charge in [0.1, 0.15) is 6.07 Å². The van der Waals surface area contributed by atoms with Gasteiger partial charge in [-0.1, -0.05) is 35.9 Å². The topological polar surface area (TPSA) is 35.8 Å². The van der Waals surface area contributed by atoms with E-state index in [-0.39, 0.29) is 6.04 Å². The van der Waals surface area contributed by atoms with Crippen molar-refractivity contribution in [2.45, 2.75) is 13.0 Å². The Morgan fingerprint density at radius 3 is 2.67 bits per heavy atom. The Kier molecular flexibility index (Phi) is 3.86. The summed E-state index contributed by atoms with van der Waals surface area (Å²) in [6, 6.07) is 17.4. The van der Waals surface area contributed by atoms with Crippen molar-refractivity contribution >= 4 is 17.3 Å². The molecule has 1 N–H and O–H groups in total. The molecular weight excluding hydrogens is 244 g/mol. The first kappa shape index (κ1) is 12.5. The number of benzene rings is 2. The van der Waals surface area contributed by atoms with Gasteiger partial charge in [0.05, 0.1) is 11.3 Å². The van der Waals surface area contributed by atoms with Crippen LogP contribution in [0.2, 0.25) is 5.02 Å².